The van der Waals surface area contributed by atoms with Gasteiger partial charge in [-0.15, -0.1) is 0 Å². The van der Waals surface area contributed by atoms with Crippen LogP contribution in [0.25, 0.3) is 0 Å². The molecule has 2 rings (SSSR count). The number of benzene rings is 2. The second-order valence-corrected chi connectivity index (χ2v) is 11.7. The molecule has 2 aromatic carbocycles. The van der Waals surface area contributed by atoms with Gasteiger partial charge in [0.15, 0.2) is 0 Å². The molecule has 26 heavy (non-hydrogen) atoms. The molecule has 0 aliphatic rings. The van der Waals surface area contributed by atoms with Gasteiger partial charge in [0, 0.05) is 0 Å². The summed E-state index contributed by atoms with van der Waals surface area (Å²) in [7, 11) is -2.50. The maximum atomic E-state index is 6.79. The molecule has 0 bridgehead atoms. The van der Waals surface area contributed by atoms with Gasteiger partial charge in [0.2, 0.25) is 0 Å². The average molecular weight is 367 g/mol. The van der Waals surface area contributed by atoms with Crippen LogP contribution in [0.15, 0.2) is 85.2 Å². The lowest BCUT2D eigenvalue weighted by atomic mass is 10.2. The minimum Gasteiger partial charge on any atom is -0.501 e. The van der Waals surface area contributed by atoms with Gasteiger partial charge in [0.1, 0.15) is 0 Å². The normalized spacial score (nSPS) is 12.3. The van der Waals surface area contributed by atoms with Crippen LogP contribution in [-0.2, 0) is 9.16 Å². The fourth-order valence-corrected chi connectivity index (χ4v) is 7.81. The Hall–Kier alpha value is -2.10. The van der Waals surface area contributed by atoms with Crippen molar-refractivity contribution in [2.24, 2.45) is 0 Å². The third-order valence-corrected chi connectivity index (χ3v) is 9.44. The lowest BCUT2D eigenvalue weighted by molar-refractivity contribution is 0.268. The molecule has 0 saturated carbocycles. The fourth-order valence-electron chi connectivity index (χ4n) is 3.25. The number of rotatable bonds is 8. The molecular formula is C23H30O2Si. The standard InChI is InChI=1S/C23H30O2Si/c1-6-24-18-17-20(2)19-25-26(23(3,4)5,21-13-9-7-10-14-21)22-15-11-8-12-16-22/h7-18H,2,6,19H2,1,3-5H3/b18-17+. The molecule has 0 N–H and O–H groups in total. The van der Waals surface area contributed by atoms with Gasteiger partial charge in [-0.3, -0.25) is 0 Å². The van der Waals surface area contributed by atoms with Crippen molar-refractivity contribution in [3.05, 3.63) is 85.2 Å². The average Bonchev–Trinajstić information content (AvgIpc) is 2.63. The molecule has 0 aliphatic heterocycles. The van der Waals surface area contributed by atoms with E-state index in [2.05, 4.69) is 88.0 Å². The van der Waals surface area contributed by atoms with Crippen molar-refractivity contribution < 1.29 is 9.16 Å². The maximum Gasteiger partial charge on any atom is 0.261 e. The van der Waals surface area contributed by atoms with Gasteiger partial charge in [-0.05, 0) is 34.0 Å². The number of ether oxygens (including phenoxy) is 1. The van der Waals surface area contributed by atoms with E-state index in [1.54, 1.807) is 6.26 Å². The second kappa shape index (κ2) is 9.02. The SMILES string of the molecule is C=C(/C=C/OCC)CO[Si](c1ccccc1)(c1ccccc1)C(C)(C)C. The first kappa shape index (κ1) is 20.2. The smallest absolute Gasteiger partial charge is 0.261 e. The summed E-state index contributed by atoms with van der Waals surface area (Å²) in [5, 5.41) is 2.53. The molecule has 0 aliphatic carbocycles. The van der Waals surface area contributed by atoms with E-state index in [9.17, 15) is 0 Å². The molecule has 0 saturated heterocycles. The molecule has 0 fully saturated rings. The Kier molecular flexibility index (Phi) is 7.01. The van der Waals surface area contributed by atoms with E-state index >= 15 is 0 Å². The van der Waals surface area contributed by atoms with Crippen LogP contribution in [0.3, 0.4) is 0 Å². The highest BCUT2D eigenvalue weighted by Gasteiger charge is 2.50. The summed E-state index contributed by atoms with van der Waals surface area (Å²) in [5.41, 5.74) is 0.909. The van der Waals surface area contributed by atoms with Crippen LogP contribution in [0.5, 0.6) is 0 Å². The van der Waals surface area contributed by atoms with Gasteiger partial charge in [0.05, 0.1) is 19.5 Å². The third-order valence-electron chi connectivity index (χ3n) is 4.46. The van der Waals surface area contributed by atoms with Crippen molar-refractivity contribution in [3.63, 3.8) is 0 Å². The molecule has 0 heterocycles. The van der Waals surface area contributed by atoms with Crippen LogP contribution < -0.4 is 10.4 Å². The van der Waals surface area contributed by atoms with E-state index in [4.69, 9.17) is 9.16 Å². The summed E-state index contributed by atoms with van der Waals surface area (Å²) in [6.45, 7) is 14.1. The molecule has 138 valence electrons. The van der Waals surface area contributed by atoms with E-state index in [1.165, 1.54) is 10.4 Å². The Morgan fingerprint density at radius 1 is 0.962 bits per heavy atom. The monoisotopic (exact) mass is 366 g/mol. The van der Waals surface area contributed by atoms with E-state index in [0.29, 0.717) is 13.2 Å². The minimum atomic E-state index is -2.50. The molecule has 2 aromatic rings. The minimum absolute atomic E-state index is 0.0282. The molecule has 0 radical (unpaired) electrons. The second-order valence-electron chi connectivity index (χ2n) is 7.37. The summed E-state index contributed by atoms with van der Waals surface area (Å²) < 4.78 is 12.1. The lowest BCUT2D eigenvalue weighted by Gasteiger charge is -2.43. The van der Waals surface area contributed by atoms with Crippen LogP contribution in [0.4, 0.5) is 0 Å². The van der Waals surface area contributed by atoms with Gasteiger partial charge < -0.3 is 9.16 Å². The predicted molar refractivity (Wildman–Crippen MR) is 113 cm³/mol. The largest absolute Gasteiger partial charge is 0.501 e. The van der Waals surface area contributed by atoms with E-state index in [1.807, 2.05) is 13.0 Å². The predicted octanol–water partition coefficient (Wildman–Crippen LogP) is 4.67. The molecule has 0 amide bonds. The molecule has 2 nitrogen and oxygen atoms in total. The van der Waals surface area contributed by atoms with Gasteiger partial charge in [-0.1, -0.05) is 88.0 Å². The molecule has 0 atom stereocenters. The maximum absolute atomic E-state index is 6.79. The summed E-state index contributed by atoms with van der Waals surface area (Å²) in [4.78, 5) is 0. The van der Waals surface area contributed by atoms with Crippen LogP contribution in [0.1, 0.15) is 27.7 Å². The van der Waals surface area contributed by atoms with Gasteiger partial charge >= 0.3 is 0 Å². The van der Waals surface area contributed by atoms with Crippen molar-refractivity contribution in [1.29, 1.82) is 0 Å². The van der Waals surface area contributed by atoms with E-state index in [-0.39, 0.29) is 5.04 Å². The molecule has 3 heteroatoms. The highest BCUT2D eigenvalue weighted by atomic mass is 28.4. The first-order valence-electron chi connectivity index (χ1n) is 9.12. The summed E-state index contributed by atoms with van der Waals surface area (Å²) in [5.74, 6) is 0. The van der Waals surface area contributed by atoms with Crippen molar-refractivity contribution in [1.82, 2.24) is 0 Å². The summed E-state index contributed by atoms with van der Waals surface area (Å²) in [6, 6.07) is 21.3. The first-order valence-corrected chi connectivity index (χ1v) is 11.0. The zero-order chi connectivity index (χ0) is 19.0. The topological polar surface area (TPSA) is 18.5 Å². The molecular weight excluding hydrogens is 336 g/mol. The zero-order valence-electron chi connectivity index (χ0n) is 16.4. The van der Waals surface area contributed by atoms with Crippen LogP contribution in [-0.4, -0.2) is 21.5 Å². The van der Waals surface area contributed by atoms with Crippen molar-refractivity contribution in [3.8, 4) is 0 Å². The van der Waals surface area contributed by atoms with Crippen LogP contribution >= 0.6 is 0 Å². The van der Waals surface area contributed by atoms with E-state index < -0.39 is 8.32 Å². The zero-order valence-corrected chi connectivity index (χ0v) is 17.4. The van der Waals surface area contributed by atoms with Crippen LogP contribution in [0.2, 0.25) is 5.04 Å². The van der Waals surface area contributed by atoms with Crippen molar-refractivity contribution >= 4 is 18.7 Å². The fraction of sp³-hybridized carbons (Fsp3) is 0.304. The Labute approximate surface area is 159 Å². The molecule has 0 spiro atoms. The first-order chi connectivity index (χ1) is 12.4. The molecule has 0 aromatic heterocycles. The highest BCUT2D eigenvalue weighted by molar-refractivity contribution is 6.99. The summed E-state index contributed by atoms with van der Waals surface area (Å²) in [6.07, 6.45) is 3.58. The van der Waals surface area contributed by atoms with Crippen molar-refractivity contribution in [2.75, 3.05) is 13.2 Å². The Bertz CT molecular complexity index is 675. The van der Waals surface area contributed by atoms with E-state index in [0.717, 1.165) is 5.57 Å². The van der Waals surface area contributed by atoms with Gasteiger partial charge in [0.25, 0.3) is 8.32 Å². The third kappa shape index (κ3) is 4.54. The Balaban J connectivity index is 2.46. The quantitative estimate of drug-likeness (QED) is 0.384. The van der Waals surface area contributed by atoms with Crippen molar-refractivity contribution in [2.45, 2.75) is 32.7 Å². The van der Waals surface area contributed by atoms with Gasteiger partial charge in [-0.2, -0.15) is 0 Å². The Morgan fingerprint density at radius 3 is 1.88 bits per heavy atom. The Morgan fingerprint density at radius 2 is 1.46 bits per heavy atom. The molecule has 0 unspecified atom stereocenters. The number of hydrogen-bond donors (Lipinski definition) is 0. The highest BCUT2D eigenvalue weighted by Crippen LogP contribution is 2.36. The number of hydrogen-bond acceptors (Lipinski definition) is 2. The lowest BCUT2D eigenvalue weighted by Crippen LogP contribution is -2.66. The van der Waals surface area contributed by atoms with Crippen LogP contribution in [0, 0.1) is 0 Å². The summed E-state index contributed by atoms with van der Waals surface area (Å²) >= 11 is 0. The van der Waals surface area contributed by atoms with Gasteiger partial charge in [-0.25, -0.2) is 0 Å².